The van der Waals surface area contributed by atoms with Gasteiger partial charge in [-0.3, -0.25) is 9.88 Å². The number of anilines is 1. The number of hydrogen-bond acceptors (Lipinski definition) is 5. The summed E-state index contributed by atoms with van der Waals surface area (Å²) in [5, 5.41) is 3.31. The van der Waals surface area contributed by atoms with E-state index in [0.717, 1.165) is 18.8 Å². The van der Waals surface area contributed by atoms with Crippen LogP contribution in [-0.2, 0) is 0 Å². The third-order valence-electron chi connectivity index (χ3n) is 3.59. The molecule has 5 nitrogen and oxygen atoms in total. The Labute approximate surface area is 109 Å². The first kappa shape index (κ1) is 13.2. The first-order valence-electron chi connectivity index (χ1n) is 6.68. The minimum atomic E-state index is 0.628. The lowest BCUT2D eigenvalue weighted by Gasteiger charge is -2.36. The van der Waals surface area contributed by atoms with Crippen molar-refractivity contribution in [3.63, 3.8) is 0 Å². The summed E-state index contributed by atoms with van der Waals surface area (Å²) in [6, 6.07) is 0.628. The van der Waals surface area contributed by atoms with Crippen molar-refractivity contribution in [3.8, 4) is 0 Å². The fourth-order valence-electron chi connectivity index (χ4n) is 2.24. The molecule has 0 bridgehead atoms. The molecule has 1 fully saturated rings. The van der Waals surface area contributed by atoms with Crippen molar-refractivity contribution in [2.45, 2.75) is 19.4 Å². The molecule has 1 atom stereocenters. The van der Waals surface area contributed by atoms with Crippen molar-refractivity contribution < 1.29 is 0 Å². The zero-order chi connectivity index (χ0) is 12.8. The Balaban J connectivity index is 1.67. The summed E-state index contributed by atoms with van der Waals surface area (Å²) in [7, 11) is 2.19. The van der Waals surface area contributed by atoms with Gasteiger partial charge in [0, 0.05) is 51.2 Å². The Morgan fingerprint density at radius 3 is 2.72 bits per heavy atom. The smallest absolute Gasteiger partial charge is 0.144 e. The number of nitrogens with zero attached hydrogens (tertiary/aromatic N) is 4. The van der Waals surface area contributed by atoms with E-state index in [-0.39, 0.29) is 0 Å². The summed E-state index contributed by atoms with van der Waals surface area (Å²) in [5.74, 6) is 0.864. The van der Waals surface area contributed by atoms with E-state index in [0.29, 0.717) is 6.04 Å². The molecule has 0 amide bonds. The summed E-state index contributed by atoms with van der Waals surface area (Å²) in [5.41, 5.74) is 0. The van der Waals surface area contributed by atoms with E-state index in [4.69, 9.17) is 0 Å². The van der Waals surface area contributed by atoms with Gasteiger partial charge in [0.1, 0.15) is 5.82 Å². The quantitative estimate of drug-likeness (QED) is 0.840. The number of likely N-dealkylation sites (N-methyl/N-ethyl adjacent to an activating group) is 1. The van der Waals surface area contributed by atoms with Gasteiger partial charge in [-0.15, -0.1) is 0 Å². The maximum Gasteiger partial charge on any atom is 0.144 e. The van der Waals surface area contributed by atoms with Crippen LogP contribution in [0.2, 0.25) is 0 Å². The van der Waals surface area contributed by atoms with Crippen molar-refractivity contribution in [1.82, 2.24) is 19.8 Å². The number of hydrogen-bond donors (Lipinski definition) is 1. The molecule has 18 heavy (non-hydrogen) atoms. The minimum Gasteiger partial charge on any atom is -0.369 e. The van der Waals surface area contributed by atoms with Crippen molar-refractivity contribution in [2.75, 3.05) is 45.1 Å². The van der Waals surface area contributed by atoms with Gasteiger partial charge >= 0.3 is 0 Å². The van der Waals surface area contributed by atoms with Gasteiger partial charge in [0.05, 0.1) is 6.20 Å². The molecule has 1 N–H and O–H groups in total. The Kier molecular flexibility index (Phi) is 4.90. The molecule has 1 aromatic rings. The van der Waals surface area contributed by atoms with Gasteiger partial charge in [0.25, 0.3) is 0 Å². The monoisotopic (exact) mass is 249 g/mol. The van der Waals surface area contributed by atoms with Crippen LogP contribution >= 0.6 is 0 Å². The van der Waals surface area contributed by atoms with E-state index in [9.17, 15) is 0 Å². The molecule has 1 saturated heterocycles. The van der Waals surface area contributed by atoms with Crippen LogP contribution in [0.5, 0.6) is 0 Å². The van der Waals surface area contributed by atoms with Crippen LogP contribution in [0.15, 0.2) is 18.6 Å². The fraction of sp³-hybridized carbons (Fsp3) is 0.692. The lowest BCUT2D eigenvalue weighted by molar-refractivity contribution is 0.116. The van der Waals surface area contributed by atoms with E-state index >= 15 is 0 Å². The second kappa shape index (κ2) is 6.66. The number of rotatable bonds is 5. The lowest BCUT2D eigenvalue weighted by Crippen LogP contribution is -2.48. The molecule has 100 valence electrons. The van der Waals surface area contributed by atoms with E-state index in [1.165, 1.54) is 26.2 Å². The van der Waals surface area contributed by atoms with Gasteiger partial charge in [-0.2, -0.15) is 0 Å². The molecule has 0 radical (unpaired) electrons. The molecule has 0 saturated carbocycles. The topological polar surface area (TPSA) is 44.3 Å². The van der Waals surface area contributed by atoms with Crippen molar-refractivity contribution in [3.05, 3.63) is 18.6 Å². The average Bonchev–Trinajstić information content (AvgIpc) is 2.40. The Morgan fingerprint density at radius 1 is 1.28 bits per heavy atom. The molecule has 1 unspecified atom stereocenters. The highest BCUT2D eigenvalue weighted by atomic mass is 15.3. The maximum atomic E-state index is 4.20. The van der Waals surface area contributed by atoms with Gasteiger partial charge in [-0.25, -0.2) is 4.98 Å². The van der Waals surface area contributed by atoms with Crippen molar-refractivity contribution >= 4 is 5.82 Å². The lowest BCUT2D eigenvalue weighted by atomic mass is 10.1. The maximum absolute atomic E-state index is 4.20. The molecule has 0 spiro atoms. The Morgan fingerprint density at radius 2 is 2.06 bits per heavy atom. The summed E-state index contributed by atoms with van der Waals surface area (Å²) >= 11 is 0. The zero-order valence-electron chi connectivity index (χ0n) is 11.3. The second-order valence-electron chi connectivity index (χ2n) is 4.99. The van der Waals surface area contributed by atoms with Gasteiger partial charge in [0.15, 0.2) is 0 Å². The highest BCUT2D eigenvalue weighted by Crippen LogP contribution is 2.08. The van der Waals surface area contributed by atoms with Gasteiger partial charge < -0.3 is 10.2 Å². The third kappa shape index (κ3) is 3.92. The Hall–Kier alpha value is -1.20. The Bertz CT molecular complexity index is 334. The molecular formula is C13H23N5. The summed E-state index contributed by atoms with van der Waals surface area (Å²) in [6.07, 6.45) is 6.31. The summed E-state index contributed by atoms with van der Waals surface area (Å²) in [6.45, 7) is 7.99. The largest absolute Gasteiger partial charge is 0.369 e. The second-order valence-corrected chi connectivity index (χ2v) is 4.99. The first-order chi connectivity index (χ1) is 8.75. The predicted molar refractivity (Wildman–Crippen MR) is 73.7 cm³/mol. The van der Waals surface area contributed by atoms with Gasteiger partial charge in [-0.1, -0.05) is 0 Å². The van der Waals surface area contributed by atoms with Crippen LogP contribution in [0, 0.1) is 0 Å². The van der Waals surface area contributed by atoms with Crippen molar-refractivity contribution in [1.29, 1.82) is 0 Å². The molecule has 1 aliphatic rings. The van der Waals surface area contributed by atoms with Crippen molar-refractivity contribution in [2.24, 2.45) is 0 Å². The molecule has 0 aromatic carbocycles. The molecule has 1 aliphatic heterocycles. The molecule has 5 heteroatoms. The SMILES string of the molecule is CC(CCNc1cnccn1)N1CCN(C)CC1. The third-order valence-corrected chi connectivity index (χ3v) is 3.59. The van der Waals surface area contributed by atoms with Gasteiger partial charge in [0.2, 0.25) is 0 Å². The number of aromatic nitrogens is 2. The van der Waals surface area contributed by atoms with Crippen LogP contribution in [0.25, 0.3) is 0 Å². The normalized spacial score (nSPS) is 19.7. The standard InChI is InChI=1S/C13H23N5/c1-12(18-9-7-17(2)8-10-18)3-4-15-13-11-14-5-6-16-13/h5-6,11-12H,3-4,7-10H2,1-2H3,(H,15,16). The average molecular weight is 249 g/mol. The molecule has 1 aromatic heterocycles. The highest BCUT2D eigenvalue weighted by molar-refractivity contribution is 5.29. The van der Waals surface area contributed by atoms with Gasteiger partial charge in [-0.05, 0) is 20.4 Å². The van der Waals surface area contributed by atoms with Crippen LogP contribution in [-0.4, -0.2) is 65.6 Å². The van der Waals surface area contributed by atoms with E-state index in [1.807, 2.05) is 0 Å². The zero-order valence-corrected chi connectivity index (χ0v) is 11.3. The summed E-state index contributed by atoms with van der Waals surface area (Å²) in [4.78, 5) is 13.2. The molecule has 2 rings (SSSR count). The minimum absolute atomic E-state index is 0.628. The number of piperazine rings is 1. The van der Waals surface area contributed by atoms with Crippen LogP contribution < -0.4 is 5.32 Å². The predicted octanol–water partition coefficient (Wildman–Crippen LogP) is 0.914. The van der Waals surface area contributed by atoms with E-state index in [1.54, 1.807) is 18.6 Å². The molecule has 2 heterocycles. The van der Waals surface area contributed by atoms with Crippen LogP contribution in [0.4, 0.5) is 5.82 Å². The van der Waals surface area contributed by atoms with E-state index in [2.05, 4.69) is 39.1 Å². The molecular weight excluding hydrogens is 226 g/mol. The van der Waals surface area contributed by atoms with E-state index < -0.39 is 0 Å². The van der Waals surface area contributed by atoms with Crippen LogP contribution in [0.3, 0.4) is 0 Å². The molecule has 0 aliphatic carbocycles. The summed E-state index contributed by atoms with van der Waals surface area (Å²) < 4.78 is 0. The number of nitrogens with one attached hydrogen (secondary N) is 1. The fourth-order valence-corrected chi connectivity index (χ4v) is 2.24. The first-order valence-corrected chi connectivity index (χ1v) is 6.68. The highest BCUT2D eigenvalue weighted by Gasteiger charge is 2.18. The van der Waals surface area contributed by atoms with Crippen LogP contribution in [0.1, 0.15) is 13.3 Å².